The molecule has 0 saturated carbocycles. The Morgan fingerprint density at radius 3 is 2.12 bits per heavy atom. The second-order valence-electron chi connectivity index (χ2n) is 1.43. The SMILES string of the molecule is [Mo]=[N]c1ccccc1. The molecule has 0 N–H and O–H groups in total. The van der Waals surface area contributed by atoms with Gasteiger partial charge in [-0.05, 0) is 0 Å². The summed E-state index contributed by atoms with van der Waals surface area (Å²) >= 11 is 1.72. The van der Waals surface area contributed by atoms with Crippen LogP contribution < -0.4 is 0 Å². The molecule has 1 rings (SSSR count). The summed E-state index contributed by atoms with van der Waals surface area (Å²) < 4.78 is 3.98. The first-order valence-electron chi connectivity index (χ1n) is 2.32. The van der Waals surface area contributed by atoms with Crippen LogP contribution in [0.5, 0.6) is 0 Å². The Labute approximate surface area is 59.5 Å². The fraction of sp³-hybridized carbons (Fsp3) is 0. The molecule has 0 aliphatic carbocycles. The van der Waals surface area contributed by atoms with Crippen molar-refractivity contribution in [2.75, 3.05) is 0 Å². The average Bonchev–Trinajstić information content (AvgIpc) is 1.90. The normalized spacial score (nSPS) is 8.50. The van der Waals surface area contributed by atoms with E-state index in [9.17, 15) is 0 Å². The minimum atomic E-state index is 1.04. The van der Waals surface area contributed by atoms with E-state index in [-0.39, 0.29) is 0 Å². The van der Waals surface area contributed by atoms with Crippen molar-refractivity contribution in [3.05, 3.63) is 30.3 Å². The monoisotopic (exact) mass is 189 g/mol. The van der Waals surface area contributed by atoms with Gasteiger partial charge in [0.2, 0.25) is 0 Å². The van der Waals surface area contributed by atoms with Crippen LogP contribution in [0.2, 0.25) is 0 Å². The molecule has 2 heteroatoms. The van der Waals surface area contributed by atoms with E-state index >= 15 is 0 Å². The molecular weight excluding hydrogens is 182 g/mol. The van der Waals surface area contributed by atoms with Gasteiger partial charge in [0.25, 0.3) is 0 Å². The predicted octanol–water partition coefficient (Wildman–Crippen LogP) is 2.05. The first-order chi connectivity index (χ1) is 3.93. The first-order valence-corrected chi connectivity index (χ1v) is 3.21. The molecule has 8 heavy (non-hydrogen) atoms. The van der Waals surface area contributed by atoms with Crippen LogP contribution in [-0.4, -0.2) is 0 Å². The Morgan fingerprint density at radius 1 is 1.12 bits per heavy atom. The molecule has 0 amide bonds. The van der Waals surface area contributed by atoms with Gasteiger partial charge in [0.1, 0.15) is 0 Å². The summed E-state index contributed by atoms with van der Waals surface area (Å²) in [4.78, 5) is 0. The number of benzene rings is 1. The first kappa shape index (κ1) is 5.84. The minimum absolute atomic E-state index is 1.04. The molecule has 1 aromatic rings. The number of rotatable bonds is 1. The summed E-state index contributed by atoms with van der Waals surface area (Å²) in [5.41, 5.74) is 1.04. The number of nitrogens with zero attached hydrogens (tertiary/aromatic N) is 1. The van der Waals surface area contributed by atoms with Crippen molar-refractivity contribution in [1.29, 1.82) is 0 Å². The Hall–Kier alpha value is -0.292. The van der Waals surface area contributed by atoms with Gasteiger partial charge in [0.05, 0.1) is 0 Å². The Morgan fingerprint density at radius 2 is 1.75 bits per heavy atom. The van der Waals surface area contributed by atoms with Crippen molar-refractivity contribution in [3.63, 3.8) is 0 Å². The van der Waals surface area contributed by atoms with Gasteiger partial charge in [-0.2, -0.15) is 0 Å². The van der Waals surface area contributed by atoms with Crippen LogP contribution in [0.4, 0.5) is 5.69 Å². The molecule has 0 fully saturated rings. The third-order valence-corrected chi connectivity index (χ3v) is 1.38. The van der Waals surface area contributed by atoms with E-state index in [1.807, 2.05) is 30.3 Å². The molecule has 0 aromatic heterocycles. The van der Waals surface area contributed by atoms with E-state index in [2.05, 4.69) is 3.50 Å². The van der Waals surface area contributed by atoms with Crippen LogP contribution in [0.3, 0.4) is 0 Å². The second-order valence-corrected chi connectivity index (χ2v) is 1.88. The third-order valence-electron chi connectivity index (χ3n) is 0.862. The van der Waals surface area contributed by atoms with Crippen LogP contribution in [0.15, 0.2) is 33.8 Å². The molecule has 40 valence electrons. The Bertz CT molecular complexity index is 171. The molecule has 0 aliphatic rings. The summed E-state index contributed by atoms with van der Waals surface area (Å²) in [7, 11) is 0. The summed E-state index contributed by atoms with van der Waals surface area (Å²) in [5, 5.41) is 0. The summed E-state index contributed by atoms with van der Waals surface area (Å²) in [6.07, 6.45) is 0. The van der Waals surface area contributed by atoms with Crippen molar-refractivity contribution in [1.82, 2.24) is 0 Å². The van der Waals surface area contributed by atoms with Gasteiger partial charge < -0.3 is 0 Å². The maximum atomic E-state index is 3.98. The zero-order valence-electron chi connectivity index (χ0n) is 4.24. The van der Waals surface area contributed by atoms with E-state index in [1.165, 1.54) is 0 Å². The molecule has 0 saturated heterocycles. The van der Waals surface area contributed by atoms with Gasteiger partial charge in [-0.15, -0.1) is 0 Å². The van der Waals surface area contributed by atoms with E-state index in [4.69, 9.17) is 0 Å². The zero-order chi connectivity index (χ0) is 5.82. The van der Waals surface area contributed by atoms with E-state index in [0.29, 0.717) is 0 Å². The van der Waals surface area contributed by atoms with Crippen LogP contribution in [0.1, 0.15) is 0 Å². The standard InChI is InChI=1S/C6H5N.Mo/c7-6-4-2-1-3-5-6;/h1-5H;. The summed E-state index contributed by atoms with van der Waals surface area (Å²) in [5.74, 6) is 0. The van der Waals surface area contributed by atoms with Gasteiger partial charge in [-0.3, -0.25) is 0 Å². The predicted molar refractivity (Wildman–Crippen MR) is 28.5 cm³/mol. The van der Waals surface area contributed by atoms with Crippen LogP contribution in [0, 0.1) is 0 Å². The number of hydrogen-bond donors (Lipinski definition) is 0. The molecular formula is C6H5MoN. The van der Waals surface area contributed by atoms with Crippen molar-refractivity contribution in [2.24, 2.45) is 3.50 Å². The summed E-state index contributed by atoms with van der Waals surface area (Å²) in [6.45, 7) is 0. The van der Waals surface area contributed by atoms with Crippen LogP contribution in [0.25, 0.3) is 0 Å². The van der Waals surface area contributed by atoms with Gasteiger partial charge >= 0.3 is 59.1 Å². The maximum absolute atomic E-state index is 3.98. The van der Waals surface area contributed by atoms with Crippen LogP contribution in [-0.2, 0) is 19.6 Å². The quantitative estimate of drug-likeness (QED) is 0.596. The fourth-order valence-corrected chi connectivity index (χ4v) is 0.788. The van der Waals surface area contributed by atoms with Crippen molar-refractivity contribution in [2.45, 2.75) is 0 Å². The molecule has 0 aliphatic heterocycles. The topological polar surface area (TPSA) is 12.4 Å². The zero-order valence-corrected chi connectivity index (χ0v) is 6.25. The van der Waals surface area contributed by atoms with E-state index in [1.54, 1.807) is 19.6 Å². The molecule has 0 atom stereocenters. The Kier molecular flexibility index (Phi) is 2.10. The van der Waals surface area contributed by atoms with Crippen molar-refractivity contribution >= 4 is 5.69 Å². The molecule has 0 radical (unpaired) electrons. The third kappa shape index (κ3) is 1.34. The Balaban J connectivity index is 2.99. The second kappa shape index (κ2) is 2.88. The van der Waals surface area contributed by atoms with Crippen LogP contribution >= 0.6 is 0 Å². The van der Waals surface area contributed by atoms with Crippen molar-refractivity contribution in [3.8, 4) is 0 Å². The van der Waals surface area contributed by atoms with E-state index in [0.717, 1.165) is 5.69 Å². The fourth-order valence-electron chi connectivity index (χ4n) is 0.489. The molecule has 1 aromatic carbocycles. The van der Waals surface area contributed by atoms with Gasteiger partial charge in [0, 0.05) is 0 Å². The molecule has 0 unspecified atom stereocenters. The van der Waals surface area contributed by atoms with Crippen molar-refractivity contribution < 1.29 is 19.6 Å². The van der Waals surface area contributed by atoms with Gasteiger partial charge in [-0.1, -0.05) is 0 Å². The molecule has 0 spiro atoms. The van der Waals surface area contributed by atoms with Gasteiger partial charge in [0.15, 0.2) is 0 Å². The molecule has 0 bridgehead atoms. The molecule has 0 heterocycles. The summed E-state index contributed by atoms with van der Waals surface area (Å²) in [6, 6.07) is 9.88. The number of hydrogen-bond acceptors (Lipinski definition) is 1. The van der Waals surface area contributed by atoms with E-state index < -0.39 is 0 Å². The van der Waals surface area contributed by atoms with Gasteiger partial charge in [-0.25, -0.2) is 0 Å². The molecule has 1 nitrogen and oxygen atoms in total. The average molecular weight is 187 g/mol.